The Hall–Kier alpha value is -1.24. The van der Waals surface area contributed by atoms with E-state index in [2.05, 4.69) is 0 Å². The van der Waals surface area contributed by atoms with Crippen molar-refractivity contribution >= 4 is 29.1 Å². The van der Waals surface area contributed by atoms with Gasteiger partial charge in [-0.3, -0.25) is 4.79 Å². The number of hydrogen-bond donors (Lipinski definition) is 0. The second-order valence-electron chi connectivity index (χ2n) is 3.51. The van der Waals surface area contributed by atoms with Crippen molar-refractivity contribution in [2.45, 2.75) is 13.3 Å². The van der Waals surface area contributed by atoms with Gasteiger partial charge in [0.15, 0.2) is 0 Å². The van der Waals surface area contributed by atoms with Crippen LogP contribution in [0.2, 0.25) is 10.0 Å². The van der Waals surface area contributed by atoms with Crippen LogP contribution in [0, 0.1) is 11.3 Å². The number of nitrogens with zero attached hydrogens (tertiary/aromatic N) is 2. The van der Waals surface area contributed by atoms with Crippen molar-refractivity contribution in [2.24, 2.45) is 0 Å². The summed E-state index contributed by atoms with van der Waals surface area (Å²) in [4.78, 5) is 13.5. The summed E-state index contributed by atoms with van der Waals surface area (Å²) < 4.78 is 0. The van der Waals surface area contributed by atoms with E-state index in [4.69, 9.17) is 28.5 Å². The van der Waals surface area contributed by atoms with E-state index >= 15 is 0 Å². The fraction of sp³-hybridized carbons (Fsp3) is 0.333. The van der Waals surface area contributed by atoms with Crippen molar-refractivity contribution in [1.29, 1.82) is 5.26 Å². The first-order valence-corrected chi connectivity index (χ1v) is 5.97. The van der Waals surface area contributed by atoms with E-state index in [-0.39, 0.29) is 12.5 Å². The molecule has 17 heavy (non-hydrogen) atoms. The van der Waals surface area contributed by atoms with Crippen LogP contribution >= 0.6 is 23.2 Å². The Morgan fingerprint density at radius 1 is 1.41 bits per heavy atom. The lowest BCUT2D eigenvalue weighted by molar-refractivity contribution is 0.0776. The quantitative estimate of drug-likeness (QED) is 0.788. The third kappa shape index (κ3) is 3.62. The van der Waals surface area contributed by atoms with Crippen LogP contribution in [0.5, 0.6) is 0 Å². The molecule has 0 radical (unpaired) electrons. The zero-order valence-electron chi connectivity index (χ0n) is 9.41. The monoisotopic (exact) mass is 270 g/mol. The summed E-state index contributed by atoms with van der Waals surface area (Å²) in [5.41, 5.74) is 0.447. The number of carbonyl (C=O) groups excluding carboxylic acids is 1. The second kappa shape index (κ2) is 6.48. The summed E-state index contributed by atoms with van der Waals surface area (Å²) in [6.45, 7) is 2.58. The third-order valence-electron chi connectivity index (χ3n) is 2.21. The summed E-state index contributed by atoms with van der Waals surface area (Å²) in [6.07, 6.45) is 0.800. The van der Waals surface area contributed by atoms with E-state index in [0.29, 0.717) is 22.2 Å². The van der Waals surface area contributed by atoms with E-state index in [0.717, 1.165) is 6.42 Å². The molecule has 0 aliphatic carbocycles. The molecule has 1 amide bonds. The molecule has 0 saturated carbocycles. The van der Waals surface area contributed by atoms with Crippen molar-refractivity contribution < 1.29 is 4.79 Å². The van der Waals surface area contributed by atoms with Crippen LogP contribution in [0.25, 0.3) is 0 Å². The topological polar surface area (TPSA) is 44.1 Å². The predicted octanol–water partition coefficient (Wildman–Crippen LogP) is 3.37. The largest absolute Gasteiger partial charge is 0.325 e. The van der Waals surface area contributed by atoms with E-state index < -0.39 is 0 Å². The zero-order chi connectivity index (χ0) is 12.8. The van der Waals surface area contributed by atoms with E-state index in [9.17, 15) is 4.79 Å². The van der Waals surface area contributed by atoms with Crippen LogP contribution in [-0.4, -0.2) is 23.9 Å². The molecule has 0 saturated heterocycles. The number of benzene rings is 1. The van der Waals surface area contributed by atoms with E-state index in [1.54, 1.807) is 12.1 Å². The predicted molar refractivity (Wildman–Crippen MR) is 68.3 cm³/mol. The Bertz CT molecular complexity index is 454. The standard InChI is InChI=1S/C12H12Cl2N2O/c1-2-6-16(7-5-15)12(17)9-3-4-10(13)11(14)8-9/h3-4,8H,2,6-7H2,1H3. The van der Waals surface area contributed by atoms with Gasteiger partial charge < -0.3 is 4.90 Å². The highest BCUT2D eigenvalue weighted by Gasteiger charge is 2.15. The maximum atomic E-state index is 12.1. The molecular weight excluding hydrogens is 259 g/mol. The number of halogens is 2. The van der Waals surface area contributed by atoms with Gasteiger partial charge in [0.05, 0.1) is 16.1 Å². The van der Waals surface area contributed by atoms with Crippen LogP contribution < -0.4 is 0 Å². The second-order valence-corrected chi connectivity index (χ2v) is 4.33. The Morgan fingerprint density at radius 2 is 2.12 bits per heavy atom. The summed E-state index contributed by atoms with van der Waals surface area (Å²) in [5.74, 6) is -0.202. The molecule has 0 fully saturated rings. The van der Waals surface area contributed by atoms with Crippen LogP contribution in [0.3, 0.4) is 0 Å². The Balaban J connectivity index is 2.93. The van der Waals surface area contributed by atoms with E-state index in [1.807, 2.05) is 13.0 Å². The molecule has 5 heteroatoms. The molecule has 1 rings (SSSR count). The molecule has 3 nitrogen and oxygen atoms in total. The molecule has 0 aromatic heterocycles. The van der Waals surface area contributed by atoms with Crippen LogP contribution in [0.15, 0.2) is 18.2 Å². The fourth-order valence-electron chi connectivity index (χ4n) is 1.42. The molecule has 1 aromatic rings. The van der Waals surface area contributed by atoms with Crippen molar-refractivity contribution in [3.05, 3.63) is 33.8 Å². The van der Waals surface area contributed by atoms with Gasteiger partial charge >= 0.3 is 0 Å². The zero-order valence-corrected chi connectivity index (χ0v) is 10.9. The third-order valence-corrected chi connectivity index (χ3v) is 2.95. The van der Waals surface area contributed by atoms with Crippen LogP contribution in [0.1, 0.15) is 23.7 Å². The molecule has 0 unspecified atom stereocenters. The van der Waals surface area contributed by atoms with Crippen molar-refractivity contribution in [2.75, 3.05) is 13.1 Å². The van der Waals surface area contributed by atoms with Gasteiger partial charge in [-0.25, -0.2) is 0 Å². The van der Waals surface area contributed by atoms with Gasteiger partial charge in [0.25, 0.3) is 5.91 Å². The Kier molecular flexibility index (Phi) is 5.27. The highest BCUT2D eigenvalue weighted by molar-refractivity contribution is 6.42. The molecule has 0 aliphatic rings. The highest BCUT2D eigenvalue weighted by Crippen LogP contribution is 2.23. The smallest absolute Gasteiger partial charge is 0.254 e. The molecule has 0 heterocycles. The van der Waals surface area contributed by atoms with Crippen molar-refractivity contribution in [3.63, 3.8) is 0 Å². The number of carbonyl (C=O) groups is 1. The number of hydrogen-bond acceptors (Lipinski definition) is 2. The van der Waals surface area contributed by atoms with Gasteiger partial charge in [0, 0.05) is 12.1 Å². The first-order valence-electron chi connectivity index (χ1n) is 5.21. The lowest BCUT2D eigenvalue weighted by Gasteiger charge is -2.18. The first-order chi connectivity index (χ1) is 8.10. The van der Waals surface area contributed by atoms with Crippen molar-refractivity contribution in [3.8, 4) is 6.07 Å². The minimum absolute atomic E-state index is 0.0763. The average molecular weight is 271 g/mol. The summed E-state index contributed by atoms with van der Waals surface area (Å²) >= 11 is 11.6. The molecule has 0 bridgehead atoms. The SMILES string of the molecule is CCCN(CC#N)C(=O)c1ccc(Cl)c(Cl)c1. The summed E-state index contributed by atoms with van der Waals surface area (Å²) in [5, 5.41) is 9.41. The van der Waals surface area contributed by atoms with Gasteiger partial charge in [-0.15, -0.1) is 0 Å². The lowest BCUT2D eigenvalue weighted by Crippen LogP contribution is -2.32. The summed E-state index contributed by atoms with van der Waals surface area (Å²) in [6, 6.07) is 6.68. The summed E-state index contributed by atoms with van der Waals surface area (Å²) in [7, 11) is 0. The minimum Gasteiger partial charge on any atom is -0.325 e. The highest BCUT2D eigenvalue weighted by atomic mass is 35.5. The van der Waals surface area contributed by atoms with E-state index in [1.165, 1.54) is 11.0 Å². The lowest BCUT2D eigenvalue weighted by atomic mass is 10.2. The molecule has 0 N–H and O–H groups in total. The molecule has 0 aliphatic heterocycles. The molecule has 1 aromatic carbocycles. The average Bonchev–Trinajstić information content (AvgIpc) is 2.31. The molecule has 0 spiro atoms. The van der Waals surface area contributed by atoms with Gasteiger partial charge in [0.2, 0.25) is 0 Å². The maximum Gasteiger partial charge on any atom is 0.254 e. The Labute approximate surface area is 111 Å². The van der Waals surface area contributed by atoms with Crippen molar-refractivity contribution in [1.82, 2.24) is 4.90 Å². The van der Waals surface area contributed by atoms with Gasteiger partial charge in [-0.05, 0) is 24.6 Å². The van der Waals surface area contributed by atoms with Crippen LogP contribution in [0.4, 0.5) is 0 Å². The first kappa shape index (κ1) is 13.8. The van der Waals surface area contributed by atoms with Crippen LogP contribution in [-0.2, 0) is 0 Å². The maximum absolute atomic E-state index is 12.1. The van der Waals surface area contributed by atoms with Gasteiger partial charge in [-0.1, -0.05) is 30.1 Å². The number of nitriles is 1. The fourth-order valence-corrected chi connectivity index (χ4v) is 1.72. The minimum atomic E-state index is -0.202. The molecule has 0 atom stereocenters. The Morgan fingerprint density at radius 3 is 2.65 bits per heavy atom. The van der Waals surface area contributed by atoms with Gasteiger partial charge in [0.1, 0.15) is 6.54 Å². The number of rotatable bonds is 4. The normalized spacial score (nSPS) is 9.76. The molecular formula is C12H12Cl2N2O. The number of amides is 1. The van der Waals surface area contributed by atoms with Gasteiger partial charge in [-0.2, -0.15) is 5.26 Å². The molecule has 90 valence electrons.